The minimum absolute atomic E-state index is 0. The van der Waals surface area contributed by atoms with Crippen LogP contribution in [0, 0.1) is 5.92 Å². The Morgan fingerprint density at radius 1 is 1.26 bits per heavy atom. The number of nitrogens with two attached hydrogens (primary N) is 1. The van der Waals surface area contributed by atoms with Crippen molar-refractivity contribution in [2.75, 3.05) is 13.1 Å². The topological polar surface area (TPSA) is 84.2 Å². The summed E-state index contributed by atoms with van der Waals surface area (Å²) in [5, 5.41) is 6.13. The van der Waals surface area contributed by atoms with E-state index in [2.05, 4.69) is 10.6 Å². The second-order valence-electron chi connectivity index (χ2n) is 6.14. The molecule has 1 heterocycles. The fourth-order valence-electron chi connectivity index (χ4n) is 2.89. The van der Waals surface area contributed by atoms with Gasteiger partial charge in [-0.1, -0.05) is 30.3 Å². The molecule has 4 N–H and O–H groups in total. The molecule has 1 aromatic rings. The fraction of sp³-hybridized carbons (Fsp3) is 0.529. The van der Waals surface area contributed by atoms with Crippen LogP contribution in [0.1, 0.15) is 38.2 Å². The number of nitrogens with one attached hydrogen (secondary N) is 2. The van der Waals surface area contributed by atoms with E-state index in [1.807, 2.05) is 18.2 Å². The lowest BCUT2D eigenvalue weighted by Gasteiger charge is -2.28. The van der Waals surface area contributed by atoms with Crippen molar-refractivity contribution in [2.24, 2.45) is 11.7 Å². The standard InChI is InChI=1S/C17H25N3O2.ClH/c1-17(16(18)22,14-5-3-2-4-6-14)20-15(21)8-7-13-9-11-19-12-10-13;/h2-6,13,19H,7-12H2,1H3,(H2,18,22)(H,20,21);1H. The molecule has 0 spiro atoms. The number of hydrogen-bond donors (Lipinski definition) is 3. The van der Waals surface area contributed by atoms with Crippen LogP contribution >= 0.6 is 12.4 Å². The zero-order valence-corrected chi connectivity index (χ0v) is 14.3. The average Bonchev–Trinajstić information content (AvgIpc) is 2.54. The Morgan fingerprint density at radius 3 is 2.43 bits per heavy atom. The number of rotatable bonds is 6. The molecule has 1 unspecified atom stereocenters. The van der Waals surface area contributed by atoms with Gasteiger partial charge in [0, 0.05) is 6.42 Å². The third-order valence-electron chi connectivity index (χ3n) is 4.47. The Morgan fingerprint density at radius 2 is 1.87 bits per heavy atom. The lowest BCUT2D eigenvalue weighted by Crippen LogP contribution is -2.52. The Hall–Kier alpha value is -1.59. The van der Waals surface area contributed by atoms with E-state index in [4.69, 9.17) is 5.73 Å². The normalized spacial score (nSPS) is 17.6. The van der Waals surface area contributed by atoms with Crippen LogP contribution in [0.2, 0.25) is 0 Å². The number of primary amides is 1. The molecule has 2 amide bonds. The molecular weight excluding hydrogens is 314 g/mol. The highest BCUT2D eigenvalue weighted by molar-refractivity contribution is 5.91. The minimum atomic E-state index is -1.16. The summed E-state index contributed by atoms with van der Waals surface area (Å²) >= 11 is 0. The summed E-state index contributed by atoms with van der Waals surface area (Å²) in [4.78, 5) is 24.1. The van der Waals surface area contributed by atoms with Crippen molar-refractivity contribution in [3.63, 3.8) is 0 Å². The molecule has 0 aromatic heterocycles. The van der Waals surface area contributed by atoms with Gasteiger partial charge in [-0.05, 0) is 50.8 Å². The maximum atomic E-state index is 12.2. The van der Waals surface area contributed by atoms with E-state index in [9.17, 15) is 9.59 Å². The number of piperidine rings is 1. The van der Waals surface area contributed by atoms with Gasteiger partial charge in [0.1, 0.15) is 5.54 Å². The van der Waals surface area contributed by atoms with Gasteiger partial charge < -0.3 is 16.4 Å². The van der Waals surface area contributed by atoms with E-state index in [1.54, 1.807) is 19.1 Å². The smallest absolute Gasteiger partial charge is 0.247 e. The van der Waals surface area contributed by atoms with Crippen LogP contribution in [0.15, 0.2) is 30.3 Å². The quantitative estimate of drug-likeness (QED) is 0.737. The number of hydrogen-bond acceptors (Lipinski definition) is 3. The second kappa shape index (κ2) is 8.89. The highest BCUT2D eigenvalue weighted by atomic mass is 35.5. The Labute approximate surface area is 143 Å². The van der Waals surface area contributed by atoms with Crippen molar-refractivity contribution < 1.29 is 9.59 Å². The molecule has 1 aliphatic heterocycles. The Kier molecular flexibility index (Phi) is 7.52. The third-order valence-corrected chi connectivity index (χ3v) is 4.47. The number of carbonyl (C=O) groups excluding carboxylic acids is 2. The van der Waals surface area contributed by atoms with Gasteiger partial charge in [0.05, 0.1) is 0 Å². The summed E-state index contributed by atoms with van der Waals surface area (Å²) in [5.74, 6) is -0.0823. The van der Waals surface area contributed by atoms with Crippen LogP contribution in [-0.2, 0) is 15.1 Å². The molecule has 6 heteroatoms. The van der Waals surface area contributed by atoms with Crippen LogP contribution < -0.4 is 16.4 Å². The van der Waals surface area contributed by atoms with Gasteiger partial charge in [-0.25, -0.2) is 0 Å². The van der Waals surface area contributed by atoms with Gasteiger partial charge in [-0.15, -0.1) is 12.4 Å². The van der Waals surface area contributed by atoms with E-state index >= 15 is 0 Å². The van der Waals surface area contributed by atoms with Crippen molar-refractivity contribution in [1.29, 1.82) is 0 Å². The second-order valence-corrected chi connectivity index (χ2v) is 6.14. The van der Waals surface area contributed by atoms with Gasteiger partial charge in [0.25, 0.3) is 0 Å². The summed E-state index contributed by atoms with van der Waals surface area (Å²) in [6.45, 7) is 3.71. The maximum Gasteiger partial charge on any atom is 0.247 e. The molecule has 1 aromatic carbocycles. The zero-order chi connectivity index (χ0) is 16.0. The average molecular weight is 340 g/mol. The van der Waals surface area contributed by atoms with Crippen molar-refractivity contribution in [3.05, 3.63) is 35.9 Å². The highest BCUT2D eigenvalue weighted by Crippen LogP contribution is 2.22. The molecule has 1 aliphatic rings. The summed E-state index contributed by atoms with van der Waals surface area (Å²) in [7, 11) is 0. The molecule has 0 radical (unpaired) electrons. The largest absolute Gasteiger partial charge is 0.367 e. The minimum Gasteiger partial charge on any atom is -0.367 e. The Balaban J connectivity index is 0.00000264. The van der Waals surface area contributed by atoms with Crippen LogP contribution in [0.5, 0.6) is 0 Å². The van der Waals surface area contributed by atoms with Crippen LogP contribution in [0.25, 0.3) is 0 Å². The van der Waals surface area contributed by atoms with E-state index in [-0.39, 0.29) is 18.3 Å². The van der Waals surface area contributed by atoms with Gasteiger partial charge in [0.15, 0.2) is 0 Å². The van der Waals surface area contributed by atoms with Gasteiger partial charge in [-0.3, -0.25) is 9.59 Å². The van der Waals surface area contributed by atoms with E-state index in [1.165, 1.54) is 0 Å². The number of carbonyl (C=O) groups is 2. The molecule has 2 rings (SSSR count). The number of amides is 2. The summed E-state index contributed by atoms with van der Waals surface area (Å²) in [5.41, 5.74) is 5.07. The first-order valence-corrected chi connectivity index (χ1v) is 7.89. The van der Waals surface area contributed by atoms with E-state index in [0.717, 1.165) is 32.4 Å². The molecule has 0 saturated carbocycles. The molecule has 5 nitrogen and oxygen atoms in total. The molecular formula is C17H26ClN3O2. The molecule has 0 bridgehead atoms. The SMILES string of the molecule is CC(NC(=O)CCC1CCNCC1)(C(N)=O)c1ccccc1.Cl. The van der Waals surface area contributed by atoms with Crippen molar-refractivity contribution in [3.8, 4) is 0 Å². The van der Waals surface area contributed by atoms with Crippen molar-refractivity contribution in [1.82, 2.24) is 10.6 Å². The Bertz CT molecular complexity index is 518. The van der Waals surface area contributed by atoms with Crippen LogP contribution in [0.4, 0.5) is 0 Å². The van der Waals surface area contributed by atoms with E-state index in [0.29, 0.717) is 17.9 Å². The molecule has 0 aliphatic carbocycles. The summed E-state index contributed by atoms with van der Waals surface area (Å²) in [6.07, 6.45) is 3.51. The van der Waals surface area contributed by atoms with Crippen LogP contribution in [-0.4, -0.2) is 24.9 Å². The lowest BCUT2D eigenvalue weighted by molar-refractivity contribution is -0.131. The fourth-order valence-corrected chi connectivity index (χ4v) is 2.89. The predicted molar refractivity (Wildman–Crippen MR) is 93.2 cm³/mol. The van der Waals surface area contributed by atoms with Gasteiger partial charge in [-0.2, -0.15) is 0 Å². The number of benzene rings is 1. The van der Waals surface area contributed by atoms with Gasteiger partial charge >= 0.3 is 0 Å². The van der Waals surface area contributed by atoms with Crippen molar-refractivity contribution >= 4 is 24.2 Å². The van der Waals surface area contributed by atoms with E-state index < -0.39 is 11.4 Å². The highest BCUT2D eigenvalue weighted by Gasteiger charge is 2.34. The molecule has 23 heavy (non-hydrogen) atoms. The lowest BCUT2D eigenvalue weighted by atomic mass is 9.90. The molecule has 1 saturated heterocycles. The zero-order valence-electron chi connectivity index (χ0n) is 13.5. The first-order valence-electron chi connectivity index (χ1n) is 7.89. The predicted octanol–water partition coefficient (Wildman–Crippen LogP) is 1.70. The molecule has 1 fully saturated rings. The number of halogens is 1. The monoisotopic (exact) mass is 339 g/mol. The van der Waals surface area contributed by atoms with Crippen molar-refractivity contribution in [2.45, 2.75) is 38.1 Å². The van der Waals surface area contributed by atoms with Gasteiger partial charge in [0.2, 0.25) is 11.8 Å². The first kappa shape index (κ1) is 19.5. The molecule has 1 atom stereocenters. The maximum absolute atomic E-state index is 12.2. The summed E-state index contributed by atoms with van der Waals surface area (Å²) in [6, 6.07) is 9.13. The van der Waals surface area contributed by atoms with Crippen LogP contribution in [0.3, 0.4) is 0 Å². The first-order chi connectivity index (χ1) is 10.5. The summed E-state index contributed by atoms with van der Waals surface area (Å²) < 4.78 is 0. The third kappa shape index (κ3) is 5.22. The molecule has 128 valence electrons.